The molecule has 2 aliphatic carbocycles. The molecule has 160 valence electrons. The number of unbranched alkanes of at least 4 members (excludes halogenated alkanes) is 1. The van der Waals surface area contributed by atoms with Gasteiger partial charge < -0.3 is 9.47 Å². The molecule has 3 nitrogen and oxygen atoms in total. The van der Waals surface area contributed by atoms with Crippen LogP contribution in [0.1, 0.15) is 84.5 Å². The van der Waals surface area contributed by atoms with Crippen molar-refractivity contribution in [2.24, 2.45) is 23.2 Å². The van der Waals surface area contributed by atoms with Gasteiger partial charge in [0.15, 0.2) is 0 Å². The monoisotopic (exact) mass is 390 g/mol. The summed E-state index contributed by atoms with van der Waals surface area (Å²) in [6, 6.07) is 0. The normalized spacial score (nSPS) is 27.7. The van der Waals surface area contributed by atoms with Crippen molar-refractivity contribution in [3.8, 4) is 0 Å². The van der Waals surface area contributed by atoms with Gasteiger partial charge in [0.1, 0.15) is 0 Å². The lowest BCUT2D eigenvalue weighted by molar-refractivity contribution is -0.140. The molecule has 2 saturated carbocycles. The summed E-state index contributed by atoms with van der Waals surface area (Å²) in [6.07, 6.45) is 17.3. The second kappa shape index (κ2) is 11.2. The van der Waals surface area contributed by atoms with E-state index in [4.69, 9.17) is 4.74 Å². The van der Waals surface area contributed by atoms with E-state index in [-0.39, 0.29) is 5.97 Å². The van der Waals surface area contributed by atoms with Gasteiger partial charge in [0.25, 0.3) is 0 Å². The fraction of sp³-hybridized carbons (Fsp3) is 0.800. The van der Waals surface area contributed by atoms with E-state index in [0.29, 0.717) is 23.9 Å². The first-order valence-electron chi connectivity index (χ1n) is 11.3. The molecule has 0 spiro atoms. The van der Waals surface area contributed by atoms with Gasteiger partial charge in [-0.15, -0.1) is 0 Å². The van der Waals surface area contributed by atoms with Crippen LogP contribution >= 0.6 is 0 Å². The quantitative estimate of drug-likeness (QED) is 0.217. The first kappa shape index (κ1) is 23.2. The summed E-state index contributed by atoms with van der Waals surface area (Å²) in [5, 5.41) is 0. The first-order chi connectivity index (χ1) is 13.4. The Morgan fingerprint density at radius 1 is 1.29 bits per heavy atom. The third-order valence-corrected chi connectivity index (χ3v) is 7.45. The molecule has 0 heterocycles. The number of esters is 1. The predicted octanol–water partition coefficient (Wildman–Crippen LogP) is 6.48. The van der Waals surface area contributed by atoms with Crippen molar-refractivity contribution in [3.05, 3.63) is 24.3 Å². The largest absolute Gasteiger partial charge is 0.469 e. The fourth-order valence-corrected chi connectivity index (χ4v) is 5.42. The van der Waals surface area contributed by atoms with Crippen LogP contribution in [0.4, 0.5) is 0 Å². The van der Waals surface area contributed by atoms with Crippen LogP contribution in [0.2, 0.25) is 0 Å². The molecule has 0 aromatic rings. The van der Waals surface area contributed by atoms with E-state index in [1.54, 1.807) is 0 Å². The SMILES string of the molecule is C=C1C[C@@H](C)[C@H](CCCC(OC)C2(C)CCC2)[C@H]1C/C=C\CCCC(=O)OC. The molecule has 0 saturated heterocycles. The summed E-state index contributed by atoms with van der Waals surface area (Å²) in [5.74, 6) is 1.99. The Bertz CT molecular complexity index is 532. The highest BCUT2D eigenvalue weighted by atomic mass is 16.5. The number of methoxy groups -OCH3 is 2. The van der Waals surface area contributed by atoms with Gasteiger partial charge in [-0.1, -0.05) is 51.0 Å². The molecule has 2 rings (SSSR count). The molecule has 1 unspecified atom stereocenters. The van der Waals surface area contributed by atoms with Gasteiger partial charge in [-0.2, -0.15) is 0 Å². The summed E-state index contributed by atoms with van der Waals surface area (Å²) in [4.78, 5) is 11.2. The fourth-order valence-electron chi connectivity index (χ4n) is 5.42. The van der Waals surface area contributed by atoms with Gasteiger partial charge in [-0.05, 0) is 74.5 Å². The van der Waals surface area contributed by atoms with Gasteiger partial charge in [-0.3, -0.25) is 4.79 Å². The Morgan fingerprint density at radius 3 is 2.64 bits per heavy atom. The summed E-state index contributed by atoms with van der Waals surface area (Å²) in [6.45, 7) is 9.19. The second-order valence-corrected chi connectivity index (χ2v) is 9.45. The van der Waals surface area contributed by atoms with Crippen LogP contribution < -0.4 is 0 Å². The van der Waals surface area contributed by atoms with Crippen LogP contribution in [0.5, 0.6) is 0 Å². The average Bonchev–Trinajstić information content (AvgIpc) is 2.92. The number of carbonyl (C=O) groups excluding carboxylic acids is 1. The van der Waals surface area contributed by atoms with Crippen LogP contribution in [0.25, 0.3) is 0 Å². The van der Waals surface area contributed by atoms with E-state index in [1.807, 2.05) is 7.11 Å². The number of ether oxygens (including phenoxy) is 2. The summed E-state index contributed by atoms with van der Waals surface area (Å²) < 4.78 is 10.6. The van der Waals surface area contributed by atoms with Crippen LogP contribution in [0.15, 0.2) is 24.3 Å². The van der Waals surface area contributed by atoms with E-state index in [9.17, 15) is 4.79 Å². The molecule has 3 heteroatoms. The molecule has 28 heavy (non-hydrogen) atoms. The number of carbonyl (C=O) groups is 1. The lowest BCUT2D eigenvalue weighted by Crippen LogP contribution is -2.39. The Labute approximate surface area is 172 Å². The van der Waals surface area contributed by atoms with Crippen LogP contribution in [0, 0.1) is 23.2 Å². The summed E-state index contributed by atoms with van der Waals surface area (Å²) >= 11 is 0. The molecule has 0 aromatic heterocycles. The highest BCUT2D eigenvalue weighted by Crippen LogP contribution is 2.48. The molecule has 0 radical (unpaired) electrons. The van der Waals surface area contributed by atoms with Gasteiger partial charge in [-0.25, -0.2) is 0 Å². The molecule has 0 bridgehead atoms. The average molecular weight is 391 g/mol. The Balaban J connectivity index is 1.76. The minimum Gasteiger partial charge on any atom is -0.469 e. The maximum absolute atomic E-state index is 11.2. The summed E-state index contributed by atoms with van der Waals surface area (Å²) in [7, 11) is 3.34. The van der Waals surface area contributed by atoms with Crippen molar-refractivity contribution in [3.63, 3.8) is 0 Å². The zero-order valence-electron chi connectivity index (χ0n) is 18.7. The molecule has 0 amide bonds. The zero-order chi connectivity index (χ0) is 20.6. The lowest BCUT2D eigenvalue weighted by Gasteiger charge is -2.44. The van der Waals surface area contributed by atoms with E-state index in [1.165, 1.54) is 57.6 Å². The number of rotatable bonds is 12. The minimum atomic E-state index is -0.114. The van der Waals surface area contributed by atoms with E-state index < -0.39 is 0 Å². The Hall–Kier alpha value is -1.09. The van der Waals surface area contributed by atoms with Crippen molar-refractivity contribution < 1.29 is 14.3 Å². The molecular formula is C25H42O3. The number of allylic oxidation sites excluding steroid dienone is 3. The topological polar surface area (TPSA) is 35.5 Å². The van der Waals surface area contributed by atoms with E-state index >= 15 is 0 Å². The third-order valence-electron chi connectivity index (χ3n) is 7.45. The van der Waals surface area contributed by atoms with E-state index in [0.717, 1.165) is 31.1 Å². The van der Waals surface area contributed by atoms with Crippen molar-refractivity contribution in [2.45, 2.75) is 90.6 Å². The molecule has 0 aliphatic heterocycles. The van der Waals surface area contributed by atoms with Gasteiger partial charge in [0.2, 0.25) is 0 Å². The van der Waals surface area contributed by atoms with Gasteiger partial charge >= 0.3 is 5.97 Å². The van der Waals surface area contributed by atoms with Crippen LogP contribution in [0.3, 0.4) is 0 Å². The Kier molecular flexibility index (Phi) is 9.27. The molecule has 2 aliphatic rings. The minimum absolute atomic E-state index is 0.114. The molecular weight excluding hydrogens is 348 g/mol. The molecule has 0 N–H and O–H groups in total. The van der Waals surface area contributed by atoms with Gasteiger partial charge in [0.05, 0.1) is 13.2 Å². The van der Waals surface area contributed by atoms with Crippen molar-refractivity contribution in [1.29, 1.82) is 0 Å². The Morgan fingerprint density at radius 2 is 2.04 bits per heavy atom. The highest BCUT2D eigenvalue weighted by molar-refractivity contribution is 5.69. The summed E-state index contributed by atoms with van der Waals surface area (Å²) in [5.41, 5.74) is 1.86. The third kappa shape index (κ3) is 6.20. The predicted molar refractivity (Wildman–Crippen MR) is 116 cm³/mol. The second-order valence-electron chi connectivity index (χ2n) is 9.45. The lowest BCUT2D eigenvalue weighted by atomic mass is 9.65. The van der Waals surface area contributed by atoms with Crippen LogP contribution in [-0.4, -0.2) is 26.3 Å². The van der Waals surface area contributed by atoms with Crippen molar-refractivity contribution in [1.82, 2.24) is 0 Å². The standard InChI is InChI=1S/C25H42O3/c1-19-18-20(2)22(13-10-14-23(27-4)25(3)16-11-17-25)21(19)12-8-6-7-9-15-24(26)28-5/h6,8,20-23H,1,7,9-18H2,2-5H3/b8-6-/t20-,21+,22+,23?/m1/s1. The molecule has 4 atom stereocenters. The van der Waals surface area contributed by atoms with Gasteiger partial charge in [0, 0.05) is 13.5 Å². The maximum Gasteiger partial charge on any atom is 0.305 e. The number of hydrogen-bond donors (Lipinski definition) is 0. The highest BCUT2D eigenvalue weighted by Gasteiger charge is 2.40. The smallest absolute Gasteiger partial charge is 0.305 e. The van der Waals surface area contributed by atoms with Crippen molar-refractivity contribution >= 4 is 5.97 Å². The van der Waals surface area contributed by atoms with Crippen molar-refractivity contribution in [2.75, 3.05) is 14.2 Å². The molecule has 2 fully saturated rings. The molecule has 0 aromatic carbocycles. The zero-order valence-corrected chi connectivity index (χ0v) is 18.7. The van der Waals surface area contributed by atoms with Crippen LogP contribution in [-0.2, 0) is 14.3 Å². The maximum atomic E-state index is 11.2. The first-order valence-corrected chi connectivity index (χ1v) is 11.3. The number of hydrogen-bond acceptors (Lipinski definition) is 3. The van der Waals surface area contributed by atoms with E-state index in [2.05, 4.69) is 37.3 Å².